The third kappa shape index (κ3) is 2.85. The Hall–Kier alpha value is -0.860. The third-order valence-corrected chi connectivity index (χ3v) is 5.30. The Morgan fingerprint density at radius 3 is 2.89 bits per heavy atom. The summed E-state index contributed by atoms with van der Waals surface area (Å²) in [5.41, 5.74) is 1.53. The van der Waals surface area contributed by atoms with Crippen molar-refractivity contribution in [2.45, 2.75) is 45.1 Å². The number of thiophene rings is 1. The smallest absolute Gasteiger partial charge is 0.0346 e. The van der Waals surface area contributed by atoms with Gasteiger partial charge in [0.1, 0.15) is 0 Å². The Morgan fingerprint density at radius 1 is 1.32 bits per heavy atom. The predicted molar refractivity (Wildman–Crippen MR) is 84.8 cm³/mol. The minimum absolute atomic E-state index is 0.557. The maximum Gasteiger partial charge on any atom is 0.0346 e. The van der Waals surface area contributed by atoms with Crippen molar-refractivity contribution in [3.8, 4) is 0 Å². The van der Waals surface area contributed by atoms with Crippen molar-refractivity contribution >= 4 is 21.4 Å². The highest BCUT2D eigenvalue weighted by Crippen LogP contribution is 2.38. The lowest BCUT2D eigenvalue weighted by molar-refractivity contribution is 0.262. The third-order valence-electron chi connectivity index (χ3n) is 4.32. The molecule has 0 aliphatic heterocycles. The molecule has 0 radical (unpaired) electrons. The quantitative estimate of drug-likeness (QED) is 0.769. The van der Waals surface area contributed by atoms with Gasteiger partial charge in [-0.1, -0.05) is 44.4 Å². The zero-order valence-electron chi connectivity index (χ0n) is 11.7. The Bertz CT molecular complexity index is 527. The van der Waals surface area contributed by atoms with Gasteiger partial charge in [-0.15, -0.1) is 11.3 Å². The second kappa shape index (κ2) is 6.06. The van der Waals surface area contributed by atoms with E-state index in [-0.39, 0.29) is 0 Å². The summed E-state index contributed by atoms with van der Waals surface area (Å²) in [6, 6.07) is 9.38. The van der Waals surface area contributed by atoms with Gasteiger partial charge in [-0.3, -0.25) is 0 Å². The summed E-state index contributed by atoms with van der Waals surface area (Å²) in [5.74, 6) is 0.952. The minimum Gasteiger partial charge on any atom is -0.310 e. The Kier molecular flexibility index (Phi) is 4.19. The van der Waals surface area contributed by atoms with Crippen LogP contribution >= 0.6 is 11.3 Å². The predicted octanol–water partition coefficient (Wildman–Crippen LogP) is 5.13. The first-order valence-electron chi connectivity index (χ1n) is 7.58. The number of rotatable bonds is 6. The molecule has 1 atom stereocenters. The summed E-state index contributed by atoms with van der Waals surface area (Å²) in [6.07, 6.45) is 6.85. The zero-order chi connectivity index (χ0) is 13.1. The molecule has 1 saturated carbocycles. The monoisotopic (exact) mass is 273 g/mol. The van der Waals surface area contributed by atoms with Crippen molar-refractivity contribution in [2.75, 3.05) is 6.54 Å². The highest BCUT2D eigenvalue weighted by atomic mass is 32.1. The Balaban J connectivity index is 1.84. The second-order valence-electron chi connectivity index (χ2n) is 5.73. The molecule has 1 N–H and O–H groups in total. The first-order valence-corrected chi connectivity index (χ1v) is 8.46. The minimum atomic E-state index is 0.557. The van der Waals surface area contributed by atoms with Crippen molar-refractivity contribution < 1.29 is 0 Å². The zero-order valence-corrected chi connectivity index (χ0v) is 12.5. The van der Waals surface area contributed by atoms with Gasteiger partial charge in [0.2, 0.25) is 0 Å². The number of hydrogen-bond acceptors (Lipinski definition) is 2. The molecule has 1 fully saturated rings. The summed E-state index contributed by atoms with van der Waals surface area (Å²) < 4.78 is 1.43. The van der Waals surface area contributed by atoms with Crippen LogP contribution in [0.2, 0.25) is 0 Å². The molecule has 2 heteroatoms. The molecule has 1 aromatic heterocycles. The number of nitrogens with one attached hydrogen (secondary N) is 1. The molecule has 1 aliphatic carbocycles. The normalized spacial score (nSPS) is 17.5. The van der Waals surface area contributed by atoms with Gasteiger partial charge in [0, 0.05) is 10.7 Å². The molecule has 102 valence electrons. The lowest BCUT2D eigenvalue weighted by Crippen LogP contribution is -2.26. The first-order chi connectivity index (χ1) is 9.38. The number of benzene rings is 1. The van der Waals surface area contributed by atoms with Crippen LogP contribution in [-0.4, -0.2) is 6.54 Å². The molecule has 1 aromatic carbocycles. The standard InChI is InChI=1S/C17H23NS/c1-2-10-18-16(11-13-6-5-7-13)15-12-19-17-9-4-3-8-14(15)17/h3-4,8-9,12-13,16,18H,2,5-7,10-11H2,1H3. The van der Waals surface area contributed by atoms with E-state index >= 15 is 0 Å². The largest absolute Gasteiger partial charge is 0.310 e. The summed E-state index contributed by atoms with van der Waals surface area (Å²) in [5, 5.41) is 7.60. The van der Waals surface area contributed by atoms with Gasteiger partial charge < -0.3 is 5.32 Å². The van der Waals surface area contributed by atoms with E-state index in [2.05, 4.69) is 41.9 Å². The molecule has 1 nitrogen and oxygen atoms in total. The van der Waals surface area contributed by atoms with Gasteiger partial charge in [-0.05, 0) is 47.7 Å². The van der Waals surface area contributed by atoms with E-state index in [4.69, 9.17) is 0 Å². The highest BCUT2D eigenvalue weighted by molar-refractivity contribution is 7.17. The molecule has 1 unspecified atom stereocenters. The number of fused-ring (bicyclic) bond motifs is 1. The average Bonchev–Trinajstić information content (AvgIpc) is 2.81. The van der Waals surface area contributed by atoms with E-state index in [1.165, 1.54) is 47.8 Å². The van der Waals surface area contributed by atoms with Gasteiger partial charge in [0.15, 0.2) is 0 Å². The lowest BCUT2D eigenvalue weighted by atomic mass is 9.79. The van der Waals surface area contributed by atoms with E-state index in [0.717, 1.165) is 12.5 Å². The Labute approximate surface area is 120 Å². The molecule has 0 amide bonds. The molecule has 0 spiro atoms. The van der Waals surface area contributed by atoms with Crippen LogP contribution in [0, 0.1) is 5.92 Å². The highest BCUT2D eigenvalue weighted by Gasteiger charge is 2.24. The van der Waals surface area contributed by atoms with Crippen molar-refractivity contribution in [3.63, 3.8) is 0 Å². The number of hydrogen-bond donors (Lipinski definition) is 1. The molecule has 3 rings (SSSR count). The van der Waals surface area contributed by atoms with Crippen molar-refractivity contribution in [2.24, 2.45) is 5.92 Å². The second-order valence-corrected chi connectivity index (χ2v) is 6.64. The van der Waals surface area contributed by atoms with Crippen LogP contribution < -0.4 is 5.32 Å². The Morgan fingerprint density at radius 2 is 2.16 bits per heavy atom. The fraction of sp³-hybridized carbons (Fsp3) is 0.529. The van der Waals surface area contributed by atoms with E-state index in [1.54, 1.807) is 0 Å². The summed E-state index contributed by atoms with van der Waals surface area (Å²) >= 11 is 1.89. The maximum atomic E-state index is 3.77. The van der Waals surface area contributed by atoms with Crippen molar-refractivity contribution in [3.05, 3.63) is 35.2 Å². The van der Waals surface area contributed by atoms with Crippen LogP contribution in [0.5, 0.6) is 0 Å². The van der Waals surface area contributed by atoms with Crippen LogP contribution in [0.1, 0.15) is 50.6 Å². The summed E-state index contributed by atoms with van der Waals surface area (Å²) in [7, 11) is 0. The lowest BCUT2D eigenvalue weighted by Gasteiger charge is -2.30. The van der Waals surface area contributed by atoms with E-state index in [0.29, 0.717) is 6.04 Å². The van der Waals surface area contributed by atoms with E-state index < -0.39 is 0 Å². The average molecular weight is 273 g/mol. The summed E-state index contributed by atoms with van der Waals surface area (Å²) in [4.78, 5) is 0. The van der Waals surface area contributed by atoms with E-state index in [9.17, 15) is 0 Å². The molecule has 0 bridgehead atoms. The van der Waals surface area contributed by atoms with E-state index in [1.807, 2.05) is 11.3 Å². The van der Waals surface area contributed by atoms with Gasteiger partial charge in [0.05, 0.1) is 0 Å². The van der Waals surface area contributed by atoms with Gasteiger partial charge in [0.25, 0.3) is 0 Å². The van der Waals surface area contributed by atoms with Crippen molar-refractivity contribution in [1.29, 1.82) is 0 Å². The molecule has 1 aliphatic rings. The van der Waals surface area contributed by atoms with Crippen LogP contribution in [0.25, 0.3) is 10.1 Å². The van der Waals surface area contributed by atoms with Crippen molar-refractivity contribution in [1.82, 2.24) is 5.32 Å². The molecular weight excluding hydrogens is 250 g/mol. The van der Waals surface area contributed by atoms with Crippen LogP contribution in [0.3, 0.4) is 0 Å². The molecule has 19 heavy (non-hydrogen) atoms. The molecular formula is C17H23NS. The molecule has 0 saturated heterocycles. The summed E-state index contributed by atoms with van der Waals surface area (Å²) in [6.45, 7) is 3.38. The first kappa shape index (κ1) is 13.1. The maximum absolute atomic E-state index is 3.77. The molecule has 1 heterocycles. The van der Waals surface area contributed by atoms with Crippen LogP contribution in [0.15, 0.2) is 29.6 Å². The van der Waals surface area contributed by atoms with Gasteiger partial charge >= 0.3 is 0 Å². The van der Waals surface area contributed by atoms with Crippen LogP contribution in [-0.2, 0) is 0 Å². The molecule has 2 aromatic rings. The van der Waals surface area contributed by atoms with Gasteiger partial charge in [-0.25, -0.2) is 0 Å². The van der Waals surface area contributed by atoms with Gasteiger partial charge in [-0.2, -0.15) is 0 Å². The fourth-order valence-electron chi connectivity index (χ4n) is 2.97. The topological polar surface area (TPSA) is 12.0 Å². The van der Waals surface area contributed by atoms with Crippen LogP contribution in [0.4, 0.5) is 0 Å². The fourth-order valence-corrected chi connectivity index (χ4v) is 3.98. The SMILES string of the molecule is CCCNC(CC1CCC1)c1csc2ccccc12.